The molecule has 0 saturated carbocycles. The van der Waals surface area contributed by atoms with E-state index in [0.29, 0.717) is 6.42 Å². The summed E-state index contributed by atoms with van der Waals surface area (Å²) >= 11 is 0. The second-order valence-corrected chi connectivity index (χ2v) is 6.15. The van der Waals surface area contributed by atoms with Crippen LogP contribution in [0.15, 0.2) is 48.5 Å². The monoisotopic (exact) mass is 316 g/mol. The van der Waals surface area contributed by atoms with Crippen molar-refractivity contribution in [2.75, 3.05) is 19.0 Å². The molecule has 0 aliphatic rings. The molecule has 0 radical (unpaired) electrons. The maximum Gasteiger partial charge on any atom is 0.123 e. The Labute approximate surface area is 137 Å². The van der Waals surface area contributed by atoms with Crippen LogP contribution in [0.4, 0.5) is 10.1 Å². The summed E-state index contributed by atoms with van der Waals surface area (Å²) < 4.78 is 12.9. The van der Waals surface area contributed by atoms with E-state index in [-0.39, 0.29) is 11.9 Å². The van der Waals surface area contributed by atoms with Crippen LogP contribution in [0.2, 0.25) is 0 Å². The summed E-state index contributed by atoms with van der Waals surface area (Å²) in [6.45, 7) is 2.80. The largest absolute Gasteiger partial charge is 0.388 e. The van der Waals surface area contributed by atoms with Gasteiger partial charge in [-0.3, -0.25) is 0 Å². The van der Waals surface area contributed by atoms with Gasteiger partial charge in [-0.2, -0.15) is 0 Å². The van der Waals surface area contributed by atoms with E-state index in [4.69, 9.17) is 0 Å². The normalized spacial score (nSPS) is 13.6. The van der Waals surface area contributed by atoms with Crippen LogP contribution in [-0.2, 0) is 6.54 Å². The SMILES string of the molecule is CC(CC(O)c1ccc(F)cc1)NCc1ccc(N(C)C)cc1. The van der Waals surface area contributed by atoms with E-state index in [9.17, 15) is 9.50 Å². The van der Waals surface area contributed by atoms with Crippen molar-refractivity contribution in [3.8, 4) is 0 Å². The lowest BCUT2D eigenvalue weighted by Gasteiger charge is -2.19. The van der Waals surface area contributed by atoms with Crippen LogP contribution in [0.25, 0.3) is 0 Å². The molecule has 2 rings (SSSR count). The fraction of sp³-hybridized carbons (Fsp3) is 0.368. The first-order valence-electron chi connectivity index (χ1n) is 7.89. The third kappa shape index (κ3) is 5.34. The summed E-state index contributed by atoms with van der Waals surface area (Å²) in [6.07, 6.45) is -0.00395. The number of nitrogens with one attached hydrogen (secondary N) is 1. The van der Waals surface area contributed by atoms with Crippen LogP contribution < -0.4 is 10.2 Å². The number of benzene rings is 2. The number of hydrogen-bond donors (Lipinski definition) is 2. The number of rotatable bonds is 7. The van der Waals surface area contributed by atoms with Gasteiger partial charge in [0.05, 0.1) is 6.10 Å². The Morgan fingerprint density at radius 1 is 1.04 bits per heavy atom. The van der Waals surface area contributed by atoms with Gasteiger partial charge in [0.2, 0.25) is 0 Å². The van der Waals surface area contributed by atoms with Crippen LogP contribution in [0.5, 0.6) is 0 Å². The molecule has 0 aliphatic carbocycles. The van der Waals surface area contributed by atoms with E-state index in [1.807, 2.05) is 21.0 Å². The highest BCUT2D eigenvalue weighted by Crippen LogP contribution is 2.19. The summed E-state index contributed by atoms with van der Waals surface area (Å²) in [5, 5.41) is 13.6. The van der Waals surface area contributed by atoms with E-state index in [2.05, 4.69) is 34.5 Å². The average Bonchev–Trinajstić information content (AvgIpc) is 2.54. The number of nitrogens with zero attached hydrogens (tertiary/aromatic N) is 1. The number of anilines is 1. The molecule has 2 N–H and O–H groups in total. The molecule has 0 spiro atoms. The predicted molar refractivity (Wildman–Crippen MR) is 93.0 cm³/mol. The smallest absolute Gasteiger partial charge is 0.123 e. The minimum Gasteiger partial charge on any atom is -0.388 e. The van der Waals surface area contributed by atoms with Crippen molar-refractivity contribution < 1.29 is 9.50 Å². The fourth-order valence-electron chi connectivity index (χ4n) is 2.44. The van der Waals surface area contributed by atoms with Crippen LogP contribution in [-0.4, -0.2) is 25.2 Å². The van der Waals surface area contributed by atoms with E-state index in [1.165, 1.54) is 23.4 Å². The van der Waals surface area contributed by atoms with Gasteiger partial charge in [0, 0.05) is 32.4 Å². The highest BCUT2D eigenvalue weighted by molar-refractivity contribution is 5.45. The minimum atomic E-state index is -0.589. The summed E-state index contributed by atoms with van der Waals surface area (Å²) in [7, 11) is 4.04. The number of hydrogen-bond acceptors (Lipinski definition) is 3. The number of aliphatic hydroxyl groups is 1. The lowest BCUT2D eigenvalue weighted by atomic mass is 10.0. The van der Waals surface area contributed by atoms with Gasteiger partial charge in [-0.05, 0) is 48.7 Å². The molecule has 0 saturated heterocycles. The van der Waals surface area contributed by atoms with Crippen molar-refractivity contribution in [1.29, 1.82) is 0 Å². The Morgan fingerprint density at radius 3 is 2.22 bits per heavy atom. The van der Waals surface area contributed by atoms with E-state index in [0.717, 1.165) is 12.1 Å². The van der Waals surface area contributed by atoms with Gasteiger partial charge in [-0.25, -0.2) is 4.39 Å². The molecule has 2 unspecified atom stereocenters. The van der Waals surface area contributed by atoms with Gasteiger partial charge in [0.25, 0.3) is 0 Å². The zero-order valence-electron chi connectivity index (χ0n) is 14.0. The van der Waals surface area contributed by atoms with Gasteiger partial charge in [-0.1, -0.05) is 24.3 Å². The lowest BCUT2D eigenvalue weighted by molar-refractivity contribution is 0.153. The molecule has 0 aromatic heterocycles. The molecular weight excluding hydrogens is 291 g/mol. The first-order valence-corrected chi connectivity index (χ1v) is 7.89. The summed E-state index contributed by atoms with van der Waals surface area (Å²) in [4.78, 5) is 2.07. The zero-order valence-corrected chi connectivity index (χ0v) is 14.0. The molecule has 3 nitrogen and oxygen atoms in total. The van der Waals surface area contributed by atoms with E-state index < -0.39 is 6.10 Å². The molecule has 0 bridgehead atoms. The molecule has 23 heavy (non-hydrogen) atoms. The minimum absolute atomic E-state index is 0.156. The van der Waals surface area contributed by atoms with Crippen LogP contribution in [0.3, 0.4) is 0 Å². The molecule has 4 heteroatoms. The van der Waals surface area contributed by atoms with E-state index >= 15 is 0 Å². The van der Waals surface area contributed by atoms with Gasteiger partial charge < -0.3 is 15.3 Å². The third-order valence-electron chi connectivity index (χ3n) is 3.94. The van der Waals surface area contributed by atoms with Crippen LogP contribution in [0.1, 0.15) is 30.6 Å². The quantitative estimate of drug-likeness (QED) is 0.821. The lowest BCUT2D eigenvalue weighted by Crippen LogP contribution is -2.27. The second kappa shape index (κ2) is 8.09. The molecule has 0 fully saturated rings. The Morgan fingerprint density at radius 2 is 1.65 bits per heavy atom. The molecule has 2 aromatic carbocycles. The average molecular weight is 316 g/mol. The topological polar surface area (TPSA) is 35.5 Å². The highest BCUT2D eigenvalue weighted by Gasteiger charge is 2.12. The van der Waals surface area contributed by atoms with Crippen molar-refractivity contribution in [3.05, 3.63) is 65.5 Å². The van der Waals surface area contributed by atoms with Gasteiger partial charge in [0.15, 0.2) is 0 Å². The molecular formula is C19H25FN2O. The van der Waals surface area contributed by atoms with Crippen LogP contribution >= 0.6 is 0 Å². The second-order valence-electron chi connectivity index (χ2n) is 6.15. The van der Waals surface area contributed by atoms with E-state index in [1.54, 1.807) is 12.1 Å². The Kier molecular flexibility index (Phi) is 6.13. The molecule has 0 aliphatic heterocycles. The number of halogens is 1. The van der Waals surface area contributed by atoms with Crippen molar-refractivity contribution >= 4 is 5.69 Å². The van der Waals surface area contributed by atoms with Crippen molar-refractivity contribution in [2.24, 2.45) is 0 Å². The molecule has 124 valence electrons. The Bertz CT molecular complexity index is 596. The van der Waals surface area contributed by atoms with Gasteiger partial charge in [-0.15, -0.1) is 0 Å². The molecule has 0 amide bonds. The van der Waals surface area contributed by atoms with Crippen molar-refractivity contribution in [2.45, 2.75) is 32.0 Å². The highest BCUT2D eigenvalue weighted by atomic mass is 19.1. The first kappa shape index (κ1) is 17.4. The molecule has 2 aromatic rings. The van der Waals surface area contributed by atoms with Crippen molar-refractivity contribution in [3.63, 3.8) is 0 Å². The summed E-state index contributed by atoms with van der Waals surface area (Å²) in [5.41, 5.74) is 3.13. The first-order chi connectivity index (χ1) is 11.0. The van der Waals surface area contributed by atoms with Gasteiger partial charge >= 0.3 is 0 Å². The predicted octanol–water partition coefficient (Wildman–Crippen LogP) is 3.49. The van der Waals surface area contributed by atoms with Crippen LogP contribution in [0, 0.1) is 5.82 Å². The number of aliphatic hydroxyl groups excluding tert-OH is 1. The summed E-state index contributed by atoms with van der Waals surface area (Å²) in [5.74, 6) is -0.284. The fourth-order valence-corrected chi connectivity index (χ4v) is 2.44. The zero-order chi connectivity index (χ0) is 16.8. The Hall–Kier alpha value is -1.91. The summed E-state index contributed by atoms with van der Waals surface area (Å²) in [6, 6.07) is 14.6. The maximum atomic E-state index is 12.9. The molecule has 2 atom stereocenters. The standard InChI is InChI=1S/C19H25FN2O/c1-14(12-19(23)16-6-8-17(20)9-7-16)21-13-15-4-10-18(11-5-15)22(2)3/h4-11,14,19,21,23H,12-13H2,1-3H3. The maximum absolute atomic E-state index is 12.9. The molecule has 0 heterocycles. The third-order valence-corrected chi connectivity index (χ3v) is 3.94. The van der Waals surface area contributed by atoms with Crippen molar-refractivity contribution in [1.82, 2.24) is 5.32 Å². The van der Waals surface area contributed by atoms with Gasteiger partial charge in [0.1, 0.15) is 5.82 Å². The Balaban J connectivity index is 1.82.